The summed E-state index contributed by atoms with van der Waals surface area (Å²) >= 11 is 0. The Bertz CT molecular complexity index is 1330. The van der Waals surface area contributed by atoms with Gasteiger partial charge in [-0.1, -0.05) is 6.07 Å². The smallest absolute Gasteiger partial charge is 0.250 e. The highest BCUT2D eigenvalue weighted by Crippen LogP contribution is 2.29. The minimum atomic E-state index is -0.267. The quantitative estimate of drug-likeness (QED) is 0.422. The number of ketones is 1. The number of carbonyl (C=O) groups is 1. The van der Waals surface area contributed by atoms with E-state index < -0.39 is 0 Å². The number of nitrogen functional groups attached to an aromatic ring is 1. The lowest BCUT2D eigenvalue weighted by Crippen LogP contribution is -2.15. The second kappa shape index (κ2) is 8.80. The first kappa shape index (κ1) is 20.9. The molecule has 0 radical (unpaired) electrons. The van der Waals surface area contributed by atoms with Crippen LogP contribution in [-0.4, -0.2) is 37.3 Å². The summed E-state index contributed by atoms with van der Waals surface area (Å²) in [5, 5.41) is 2.97. The average Bonchev–Trinajstić information content (AvgIpc) is 3.34. The predicted octanol–water partition coefficient (Wildman–Crippen LogP) is 2.33. The molecule has 0 unspecified atom stereocenters. The number of hydrogen-bond acceptors (Lipinski definition) is 9. The number of pyridine rings is 2. The van der Waals surface area contributed by atoms with E-state index in [9.17, 15) is 9.59 Å². The van der Waals surface area contributed by atoms with Crippen molar-refractivity contribution in [2.75, 3.05) is 18.1 Å². The van der Waals surface area contributed by atoms with E-state index in [4.69, 9.17) is 10.2 Å². The lowest BCUT2D eigenvalue weighted by molar-refractivity contribution is 0.0978. The molecule has 0 aliphatic rings. The molecule has 0 aliphatic carbocycles. The average molecular weight is 431 g/mol. The summed E-state index contributed by atoms with van der Waals surface area (Å²) in [7, 11) is 3.41. The van der Waals surface area contributed by atoms with Crippen LogP contribution < -0.4 is 16.6 Å². The number of rotatable bonds is 7. The Morgan fingerprint density at radius 1 is 1.16 bits per heavy atom. The van der Waals surface area contributed by atoms with E-state index in [1.54, 1.807) is 26.4 Å². The van der Waals surface area contributed by atoms with E-state index in [-0.39, 0.29) is 40.9 Å². The maximum Gasteiger partial charge on any atom is 0.250 e. The van der Waals surface area contributed by atoms with Crippen molar-refractivity contribution < 1.29 is 9.21 Å². The summed E-state index contributed by atoms with van der Waals surface area (Å²) in [6.07, 6.45) is 5.07. The number of Topliss-reactive ketones (excluding diaryl/α,β-unsaturated/α-hetero) is 1. The van der Waals surface area contributed by atoms with Crippen LogP contribution >= 0.6 is 0 Å². The minimum absolute atomic E-state index is 0.0197. The van der Waals surface area contributed by atoms with Crippen LogP contribution in [0, 0.1) is 0 Å². The van der Waals surface area contributed by atoms with Gasteiger partial charge in [-0.15, -0.1) is 0 Å². The normalized spacial score (nSPS) is 10.8. The van der Waals surface area contributed by atoms with Gasteiger partial charge in [0.15, 0.2) is 17.3 Å². The van der Waals surface area contributed by atoms with Crippen molar-refractivity contribution in [1.29, 1.82) is 0 Å². The van der Waals surface area contributed by atoms with Crippen molar-refractivity contribution in [3.8, 4) is 22.8 Å². The summed E-state index contributed by atoms with van der Waals surface area (Å²) in [5.74, 6) is 0.645. The van der Waals surface area contributed by atoms with E-state index in [1.165, 1.54) is 23.1 Å². The number of aryl methyl sites for hydroxylation is 2. The topological polar surface area (TPSA) is 142 Å². The summed E-state index contributed by atoms with van der Waals surface area (Å²) in [5.41, 5.74) is 7.94. The van der Waals surface area contributed by atoms with Gasteiger partial charge in [0.1, 0.15) is 23.5 Å². The van der Waals surface area contributed by atoms with Crippen LogP contribution in [0.3, 0.4) is 0 Å². The van der Waals surface area contributed by atoms with Crippen molar-refractivity contribution >= 4 is 17.4 Å². The fraction of sp³-hybridized carbons (Fsp3) is 0.182. The third-order valence-corrected chi connectivity index (χ3v) is 4.85. The largest absolute Gasteiger partial charge is 0.443 e. The standard InChI is InChI=1S/C22H21N7O3/c1-24-16-5-3-4-14(26-16)7-8-15(30)19-21(23)28-20(22-25-10-11-32-22)18(27-19)13-6-9-17(31)29(2)12-13/h3-6,9-12H,7-8H2,1-2H3,(H2,23,28)(H,24,26). The van der Waals surface area contributed by atoms with Crippen LogP contribution in [0.2, 0.25) is 0 Å². The third kappa shape index (κ3) is 4.24. The molecule has 0 atom stereocenters. The zero-order valence-corrected chi connectivity index (χ0v) is 17.6. The molecule has 4 aromatic rings. The zero-order chi connectivity index (χ0) is 22.7. The van der Waals surface area contributed by atoms with Crippen LogP contribution in [0.15, 0.2) is 58.2 Å². The molecule has 4 heterocycles. The molecule has 162 valence electrons. The number of hydrogen-bond donors (Lipinski definition) is 2. The first-order chi connectivity index (χ1) is 15.5. The Morgan fingerprint density at radius 3 is 2.72 bits per heavy atom. The molecule has 4 aromatic heterocycles. The van der Waals surface area contributed by atoms with Crippen molar-refractivity contribution in [1.82, 2.24) is 24.5 Å². The zero-order valence-electron chi connectivity index (χ0n) is 17.6. The molecule has 0 aliphatic heterocycles. The molecule has 0 saturated carbocycles. The van der Waals surface area contributed by atoms with Gasteiger partial charge in [0.05, 0.1) is 6.20 Å². The van der Waals surface area contributed by atoms with E-state index in [0.717, 1.165) is 11.5 Å². The second-order valence-corrected chi connectivity index (χ2v) is 7.05. The Labute approximate surface area is 183 Å². The van der Waals surface area contributed by atoms with Crippen molar-refractivity contribution in [3.05, 3.63) is 70.7 Å². The molecule has 0 spiro atoms. The third-order valence-electron chi connectivity index (χ3n) is 4.85. The first-order valence-electron chi connectivity index (χ1n) is 9.87. The Morgan fingerprint density at radius 2 is 2.00 bits per heavy atom. The number of nitrogens with two attached hydrogens (primary N) is 1. The lowest BCUT2D eigenvalue weighted by atomic mass is 10.1. The molecule has 0 saturated heterocycles. The number of carbonyl (C=O) groups excluding carboxylic acids is 1. The second-order valence-electron chi connectivity index (χ2n) is 7.05. The highest BCUT2D eigenvalue weighted by Gasteiger charge is 2.22. The van der Waals surface area contributed by atoms with Gasteiger partial charge in [-0.05, 0) is 24.6 Å². The predicted molar refractivity (Wildman–Crippen MR) is 119 cm³/mol. The molecule has 32 heavy (non-hydrogen) atoms. The van der Waals surface area contributed by atoms with E-state index in [2.05, 4.69) is 25.3 Å². The van der Waals surface area contributed by atoms with Crippen molar-refractivity contribution in [2.24, 2.45) is 7.05 Å². The molecule has 0 bridgehead atoms. The lowest BCUT2D eigenvalue weighted by Gasteiger charge is -2.11. The van der Waals surface area contributed by atoms with Gasteiger partial charge >= 0.3 is 0 Å². The molecular formula is C22H21N7O3. The number of aromatic nitrogens is 5. The maximum atomic E-state index is 13.0. The fourth-order valence-electron chi connectivity index (χ4n) is 3.20. The monoisotopic (exact) mass is 431 g/mol. The van der Waals surface area contributed by atoms with Gasteiger partial charge in [0.25, 0.3) is 0 Å². The fourth-order valence-corrected chi connectivity index (χ4v) is 3.20. The first-order valence-corrected chi connectivity index (χ1v) is 9.87. The molecule has 4 rings (SSSR count). The van der Waals surface area contributed by atoms with Gasteiger partial charge in [-0.2, -0.15) is 0 Å². The van der Waals surface area contributed by atoms with Crippen molar-refractivity contribution in [3.63, 3.8) is 0 Å². The highest BCUT2D eigenvalue weighted by molar-refractivity contribution is 5.99. The van der Waals surface area contributed by atoms with Gasteiger partial charge in [0.2, 0.25) is 11.4 Å². The maximum absolute atomic E-state index is 13.0. The summed E-state index contributed by atoms with van der Waals surface area (Å²) in [4.78, 5) is 42.3. The van der Waals surface area contributed by atoms with Crippen LogP contribution in [-0.2, 0) is 13.5 Å². The number of nitrogens with zero attached hydrogens (tertiary/aromatic N) is 5. The summed E-state index contributed by atoms with van der Waals surface area (Å²) in [6.45, 7) is 0. The van der Waals surface area contributed by atoms with E-state index in [1.807, 2.05) is 18.2 Å². The molecule has 0 aromatic carbocycles. The van der Waals surface area contributed by atoms with Gasteiger partial charge in [-0.3, -0.25) is 9.59 Å². The Balaban J connectivity index is 1.71. The Kier molecular flexibility index (Phi) is 5.75. The summed E-state index contributed by atoms with van der Waals surface area (Å²) < 4.78 is 6.79. The number of oxazole rings is 1. The molecular weight excluding hydrogens is 410 g/mol. The summed E-state index contributed by atoms with van der Waals surface area (Å²) in [6, 6.07) is 8.58. The van der Waals surface area contributed by atoms with Crippen LogP contribution in [0.25, 0.3) is 22.8 Å². The van der Waals surface area contributed by atoms with Crippen LogP contribution in [0.4, 0.5) is 11.6 Å². The van der Waals surface area contributed by atoms with Gasteiger partial charge in [0, 0.05) is 44.0 Å². The van der Waals surface area contributed by atoms with E-state index >= 15 is 0 Å². The molecule has 0 fully saturated rings. The minimum Gasteiger partial charge on any atom is -0.443 e. The van der Waals surface area contributed by atoms with Gasteiger partial charge in [-0.25, -0.2) is 19.9 Å². The van der Waals surface area contributed by atoms with Crippen LogP contribution in [0.1, 0.15) is 22.6 Å². The Hall–Kier alpha value is -4.34. The molecule has 10 heteroatoms. The van der Waals surface area contributed by atoms with Crippen LogP contribution in [0.5, 0.6) is 0 Å². The molecule has 0 amide bonds. The SMILES string of the molecule is CNc1cccc(CCC(=O)c2nc(-c3ccc(=O)n(C)c3)c(-c3ncco3)nc2N)n1. The van der Waals surface area contributed by atoms with Gasteiger partial charge < -0.3 is 20.0 Å². The van der Waals surface area contributed by atoms with E-state index in [0.29, 0.717) is 17.7 Å². The number of nitrogens with one attached hydrogen (secondary N) is 1. The highest BCUT2D eigenvalue weighted by atomic mass is 16.3. The number of anilines is 2. The molecule has 3 N–H and O–H groups in total. The van der Waals surface area contributed by atoms with Crippen molar-refractivity contribution in [2.45, 2.75) is 12.8 Å². The molecule has 10 nitrogen and oxygen atoms in total.